The molecule has 0 saturated carbocycles. The Morgan fingerprint density at radius 2 is 1.86 bits per heavy atom. The first-order valence-electron chi connectivity index (χ1n) is 7.18. The van der Waals surface area contributed by atoms with Crippen molar-refractivity contribution in [1.82, 2.24) is 15.8 Å². The minimum atomic E-state index is -1.19. The van der Waals surface area contributed by atoms with Crippen molar-refractivity contribution in [3.8, 4) is 0 Å². The van der Waals surface area contributed by atoms with Gasteiger partial charge in [0.2, 0.25) is 5.91 Å². The molecule has 120 valence electrons. The predicted octanol–water partition coefficient (Wildman–Crippen LogP) is 0.182. The van der Waals surface area contributed by atoms with Crippen molar-refractivity contribution in [3.05, 3.63) is 0 Å². The SMILES string of the molecule is CC1CCCC(C)N1NC(=O)N[C@@H](CCC(N)=O)C(=O)O. The van der Waals surface area contributed by atoms with Crippen LogP contribution in [-0.4, -0.2) is 46.1 Å². The van der Waals surface area contributed by atoms with E-state index in [4.69, 9.17) is 10.8 Å². The fraction of sp³-hybridized carbons (Fsp3) is 0.769. The van der Waals surface area contributed by atoms with Crippen LogP contribution in [0.25, 0.3) is 0 Å². The van der Waals surface area contributed by atoms with Crippen molar-refractivity contribution in [2.24, 2.45) is 5.73 Å². The quantitative estimate of drug-likeness (QED) is 0.557. The highest BCUT2D eigenvalue weighted by molar-refractivity contribution is 5.83. The monoisotopic (exact) mass is 300 g/mol. The fourth-order valence-electron chi connectivity index (χ4n) is 2.49. The number of carboxylic acids is 1. The zero-order valence-corrected chi connectivity index (χ0v) is 12.5. The second-order valence-electron chi connectivity index (χ2n) is 5.52. The number of carbonyl (C=O) groups excluding carboxylic acids is 2. The van der Waals surface area contributed by atoms with Crippen molar-refractivity contribution in [3.63, 3.8) is 0 Å². The molecule has 8 nitrogen and oxygen atoms in total. The van der Waals surface area contributed by atoms with Gasteiger partial charge in [0.1, 0.15) is 6.04 Å². The second kappa shape index (κ2) is 7.82. The number of rotatable bonds is 6. The molecule has 1 aliphatic heterocycles. The molecule has 1 fully saturated rings. The standard InChI is InChI=1S/C13H24N4O4/c1-8-4-3-5-9(2)17(8)16-13(21)15-10(12(19)20)6-7-11(14)18/h8-10H,3-7H2,1-2H3,(H2,14,18)(H,19,20)(H2,15,16,21)/t8?,9?,10-/m0/s1. The summed E-state index contributed by atoms with van der Waals surface area (Å²) in [6.07, 6.45) is 2.96. The van der Waals surface area contributed by atoms with Crippen LogP contribution in [0.2, 0.25) is 0 Å². The van der Waals surface area contributed by atoms with E-state index in [1.54, 1.807) is 0 Å². The highest BCUT2D eigenvalue weighted by Gasteiger charge is 2.27. The molecule has 0 aromatic carbocycles. The Morgan fingerprint density at radius 1 is 1.29 bits per heavy atom. The van der Waals surface area contributed by atoms with Crippen LogP contribution in [0.5, 0.6) is 0 Å². The molecule has 21 heavy (non-hydrogen) atoms. The van der Waals surface area contributed by atoms with Crippen molar-refractivity contribution in [1.29, 1.82) is 0 Å². The number of hydrogen-bond donors (Lipinski definition) is 4. The van der Waals surface area contributed by atoms with E-state index in [2.05, 4.69) is 10.7 Å². The van der Waals surface area contributed by atoms with Gasteiger partial charge >= 0.3 is 12.0 Å². The number of piperidine rings is 1. The summed E-state index contributed by atoms with van der Waals surface area (Å²) >= 11 is 0. The number of urea groups is 1. The average molecular weight is 300 g/mol. The number of carboxylic acid groups (broad SMARTS) is 1. The molecule has 0 spiro atoms. The molecule has 3 atom stereocenters. The Labute approximate surface area is 124 Å². The normalized spacial score (nSPS) is 24.1. The Hall–Kier alpha value is -1.83. The van der Waals surface area contributed by atoms with E-state index in [1.807, 2.05) is 18.9 Å². The third-order valence-electron chi connectivity index (χ3n) is 3.71. The summed E-state index contributed by atoms with van der Waals surface area (Å²) in [4.78, 5) is 33.7. The van der Waals surface area contributed by atoms with Gasteiger partial charge in [-0.1, -0.05) is 6.42 Å². The van der Waals surface area contributed by atoms with E-state index in [9.17, 15) is 14.4 Å². The van der Waals surface area contributed by atoms with Gasteiger partial charge in [0.25, 0.3) is 0 Å². The molecule has 0 aromatic heterocycles. The third kappa shape index (κ3) is 5.58. The van der Waals surface area contributed by atoms with Gasteiger partial charge in [-0.15, -0.1) is 0 Å². The molecule has 8 heteroatoms. The lowest BCUT2D eigenvalue weighted by Gasteiger charge is -2.38. The number of hydrazine groups is 1. The van der Waals surface area contributed by atoms with Gasteiger partial charge in [0, 0.05) is 18.5 Å². The molecular formula is C13H24N4O4. The lowest BCUT2D eigenvalue weighted by Crippen LogP contribution is -2.58. The van der Waals surface area contributed by atoms with Crippen LogP contribution >= 0.6 is 0 Å². The summed E-state index contributed by atoms with van der Waals surface area (Å²) in [6.45, 7) is 4.02. The molecule has 1 rings (SSSR count). The van der Waals surface area contributed by atoms with Crippen LogP contribution < -0.4 is 16.5 Å². The molecule has 5 N–H and O–H groups in total. The lowest BCUT2D eigenvalue weighted by atomic mass is 10.00. The fourth-order valence-corrected chi connectivity index (χ4v) is 2.49. The number of amides is 3. The highest BCUT2D eigenvalue weighted by atomic mass is 16.4. The number of carbonyl (C=O) groups is 3. The number of nitrogens with zero attached hydrogens (tertiary/aromatic N) is 1. The number of hydrogen-bond acceptors (Lipinski definition) is 4. The Bertz CT molecular complexity index is 392. The summed E-state index contributed by atoms with van der Waals surface area (Å²) in [5.74, 6) is -1.78. The van der Waals surface area contributed by atoms with E-state index in [-0.39, 0.29) is 24.9 Å². The molecule has 2 unspecified atom stereocenters. The van der Waals surface area contributed by atoms with E-state index >= 15 is 0 Å². The van der Waals surface area contributed by atoms with Crippen LogP contribution in [0, 0.1) is 0 Å². The lowest BCUT2D eigenvalue weighted by molar-refractivity contribution is -0.139. The molecular weight excluding hydrogens is 276 g/mol. The van der Waals surface area contributed by atoms with Gasteiger partial charge in [0.15, 0.2) is 0 Å². The van der Waals surface area contributed by atoms with E-state index in [1.165, 1.54) is 0 Å². The third-order valence-corrected chi connectivity index (χ3v) is 3.71. The van der Waals surface area contributed by atoms with Gasteiger partial charge in [0.05, 0.1) is 0 Å². The average Bonchev–Trinajstić information content (AvgIpc) is 2.38. The molecule has 1 aliphatic rings. The summed E-state index contributed by atoms with van der Waals surface area (Å²) in [6, 6.07) is -1.30. The van der Waals surface area contributed by atoms with Crippen molar-refractivity contribution in [2.75, 3.05) is 0 Å². The molecule has 0 aliphatic carbocycles. The van der Waals surface area contributed by atoms with E-state index < -0.39 is 23.9 Å². The first kappa shape index (κ1) is 17.2. The second-order valence-corrected chi connectivity index (χ2v) is 5.52. The zero-order chi connectivity index (χ0) is 16.0. The van der Waals surface area contributed by atoms with Gasteiger partial charge < -0.3 is 16.2 Å². The van der Waals surface area contributed by atoms with Crippen LogP contribution in [0.15, 0.2) is 0 Å². The molecule has 0 aromatic rings. The Morgan fingerprint density at radius 3 is 2.33 bits per heavy atom. The van der Waals surface area contributed by atoms with Gasteiger partial charge in [-0.05, 0) is 33.1 Å². The zero-order valence-electron chi connectivity index (χ0n) is 12.5. The number of primary amides is 1. The first-order valence-corrected chi connectivity index (χ1v) is 7.18. The van der Waals surface area contributed by atoms with E-state index in [0.29, 0.717) is 0 Å². The van der Waals surface area contributed by atoms with Crippen LogP contribution in [0.3, 0.4) is 0 Å². The molecule has 1 heterocycles. The Balaban J connectivity index is 2.52. The first-order chi connectivity index (χ1) is 9.81. The smallest absolute Gasteiger partial charge is 0.330 e. The van der Waals surface area contributed by atoms with Gasteiger partial charge in [-0.2, -0.15) is 0 Å². The number of nitrogens with one attached hydrogen (secondary N) is 2. The molecule has 0 bridgehead atoms. The summed E-state index contributed by atoms with van der Waals surface area (Å²) in [5, 5.41) is 13.2. The molecule has 1 saturated heterocycles. The van der Waals surface area contributed by atoms with E-state index in [0.717, 1.165) is 19.3 Å². The maximum atomic E-state index is 11.9. The summed E-state index contributed by atoms with van der Waals surface area (Å²) in [7, 11) is 0. The van der Waals surface area contributed by atoms with Gasteiger partial charge in [-0.25, -0.2) is 14.6 Å². The molecule has 0 radical (unpaired) electrons. The van der Waals surface area contributed by atoms with Crippen molar-refractivity contribution < 1.29 is 19.5 Å². The van der Waals surface area contributed by atoms with Crippen LogP contribution in [-0.2, 0) is 9.59 Å². The van der Waals surface area contributed by atoms with Crippen LogP contribution in [0.1, 0.15) is 46.0 Å². The Kier molecular flexibility index (Phi) is 6.41. The maximum absolute atomic E-state index is 11.9. The minimum absolute atomic E-state index is 0.0246. The predicted molar refractivity (Wildman–Crippen MR) is 76.1 cm³/mol. The summed E-state index contributed by atoms with van der Waals surface area (Å²) in [5.41, 5.74) is 7.68. The van der Waals surface area contributed by atoms with Gasteiger partial charge in [-0.3, -0.25) is 10.2 Å². The minimum Gasteiger partial charge on any atom is -0.480 e. The largest absolute Gasteiger partial charge is 0.480 e. The van der Waals surface area contributed by atoms with Crippen molar-refractivity contribution >= 4 is 17.9 Å². The number of nitrogens with two attached hydrogens (primary N) is 1. The number of aliphatic carboxylic acids is 1. The molecule has 3 amide bonds. The summed E-state index contributed by atoms with van der Waals surface area (Å²) < 4.78 is 0. The van der Waals surface area contributed by atoms with Crippen LogP contribution in [0.4, 0.5) is 4.79 Å². The topological polar surface area (TPSA) is 125 Å². The highest BCUT2D eigenvalue weighted by Crippen LogP contribution is 2.20. The van der Waals surface area contributed by atoms with Crippen molar-refractivity contribution in [2.45, 2.75) is 64.1 Å². The maximum Gasteiger partial charge on any atom is 0.330 e.